The number of nitrogens with one attached hydrogen (secondary N) is 2. The number of hydrogen-bond acceptors (Lipinski definition) is 7. The lowest BCUT2D eigenvalue weighted by atomic mass is 9.91. The van der Waals surface area contributed by atoms with Gasteiger partial charge in [-0.15, -0.1) is 11.3 Å². The number of hydrogen-bond donors (Lipinski definition) is 3. The number of aliphatic imine (C=N–C) groups is 1. The van der Waals surface area contributed by atoms with Gasteiger partial charge in [0.1, 0.15) is 11.8 Å². The van der Waals surface area contributed by atoms with Gasteiger partial charge in [0, 0.05) is 23.9 Å². The number of benzene rings is 1. The molecule has 3 aromatic rings. The van der Waals surface area contributed by atoms with E-state index in [1.165, 1.54) is 21.4 Å². The third-order valence-electron chi connectivity index (χ3n) is 7.26. The number of aromatic nitrogens is 1. The first-order valence-electron chi connectivity index (χ1n) is 12.3. The number of aryl methyl sites for hydroxylation is 1. The minimum Gasteiger partial charge on any atom is -0.391 e. The zero-order valence-electron chi connectivity index (χ0n) is 21.1. The number of rotatable bonds is 6. The summed E-state index contributed by atoms with van der Waals surface area (Å²) in [6.07, 6.45) is -0.515. The maximum absolute atomic E-state index is 13.7. The Kier molecular flexibility index (Phi) is 6.41. The molecule has 2 amide bonds. The lowest BCUT2D eigenvalue weighted by Crippen LogP contribution is -2.48. The van der Waals surface area contributed by atoms with Crippen molar-refractivity contribution in [2.75, 3.05) is 6.54 Å². The van der Waals surface area contributed by atoms with Gasteiger partial charge in [0.25, 0.3) is 11.5 Å². The van der Waals surface area contributed by atoms with Gasteiger partial charge in [-0.3, -0.25) is 14.4 Å². The molecule has 1 saturated heterocycles. The Labute approximate surface area is 218 Å². The van der Waals surface area contributed by atoms with E-state index < -0.39 is 29.2 Å². The van der Waals surface area contributed by atoms with Crippen molar-refractivity contribution < 1.29 is 19.2 Å². The summed E-state index contributed by atoms with van der Waals surface area (Å²) in [5.41, 5.74) is 1.43. The average Bonchev–Trinajstić information content (AvgIpc) is 3.62. The van der Waals surface area contributed by atoms with Crippen LogP contribution >= 0.6 is 11.3 Å². The molecule has 4 atom stereocenters. The first kappa shape index (κ1) is 25.2. The molecule has 1 fully saturated rings. The molecule has 1 aromatic carbocycles. The monoisotopic (exact) mass is 522 g/mol. The van der Waals surface area contributed by atoms with Crippen LogP contribution in [0.3, 0.4) is 0 Å². The number of carbonyl (C=O) groups excluding carboxylic acids is 2. The molecule has 0 aliphatic carbocycles. The fourth-order valence-electron chi connectivity index (χ4n) is 5.21. The highest BCUT2D eigenvalue weighted by atomic mass is 32.1. The molecule has 194 valence electrons. The van der Waals surface area contributed by atoms with E-state index in [0.29, 0.717) is 5.84 Å². The Morgan fingerprint density at radius 2 is 1.97 bits per heavy atom. The molecule has 0 spiro atoms. The maximum atomic E-state index is 13.7. The van der Waals surface area contributed by atoms with E-state index in [2.05, 4.69) is 28.8 Å². The van der Waals surface area contributed by atoms with E-state index in [1.54, 1.807) is 18.3 Å². The number of likely N-dealkylation sites (tertiary alicyclic amines) is 1. The summed E-state index contributed by atoms with van der Waals surface area (Å²) in [5, 5.41) is 17.7. The van der Waals surface area contributed by atoms with Gasteiger partial charge in [0.2, 0.25) is 5.91 Å². The summed E-state index contributed by atoms with van der Waals surface area (Å²) in [6, 6.07) is 10.6. The Morgan fingerprint density at radius 3 is 2.57 bits per heavy atom. The zero-order valence-corrected chi connectivity index (χ0v) is 22.0. The average molecular weight is 523 g/mol. The molecule has 4 heterocycles. The molecule has 5 rings (SSSR count). The lowest BCUT2D eigenvalue weighted by Gasteiger charge is -2.29. The Balaban J connectivity index is 1.44. The predicted octanol–water partition coefficient (Wildman–Crippen LogP) is 3.15. The molecule has 2 aliphatic heterocycles. The van der Waals surface area contributed by atoms with Crippen LogP contribution in [0.5, 0.6) is 0 Å². The molecule has 10 heteroatoms. The number of amides is 2. The van der Waals surface area contributed by atoms with Gasteiger partial charge in [-0.25, -0.2) is 4.99 Å². The largest absolute Gasteiger partial charge is 0.391 e. The maximum Gasteiger partial charge on any atom is 0.280 e. The topological polar surface area (TPSA) is 128 Å². The molecule has 1 unspecified atom stereocenters. The minimum atomic E-state index is -1.16. The van der Waals surface area contributed by atoms with Gasteiger partial charge >= 0.3 is 0 Å². The Bertz CT molecular complexity index is 1420. The van der Waals surface area contributed by atoms with Gasteiger partial charge in [-0.2, -0.15) is 5.16 Å². The van der Waals surface area contributed by atoms with Gasteiger partial charge in [0.15, 0.2) is 11.3 Å². The number of aliphatic hydroxyl groups excluding tert-OH is 1. The normalized spacial score (nSPS) is 24.4. The Morgan fingerprint density at radius 1 is 1.24 bits per heavy atom. The highest BCUT2D eigenvalue weighted by Crippen LogP contribution is 2.36. The number of aliphatic hydroxyl groups is 1. The van der Waals surface area contributed by atoms with Crippen LogP contribution in [0.25, 0.3) is 10.4 Å². The van der Waals surface area contributed by atoms with E-state index in [4.69, 9.17) is 9.52 Å². The Hall–Kier alpha value is -3.50. The lowest BCUT2D eigenvalue weighted by molar-refractivity contribution is -0.134. The van der Waals surface area contributed by atoms with Crippen LogP contribution in [0.2, 0.25) is 0 Å². The summed E-state index contributed by atoms with van der Waals surface area (Å²) < 4.78 is 5.26. The summed E-state index contributed by atoms with van der Waals surface area (Å²) >= 11 is 1.67. The van der Waals surface area contributed by atoms with Crippen molar-refractivity contribution in [3.63, 3.8) is 0 Å². The SMILES string of the molecule is Cc1ccsc1-c1ccc([C@]2(C)N=C(C3C[C@@H](O)CN3C(=O)[C@H](c3cc(=O)[nH]o3)C(C)C)NC2=O)cc1. The molecule has 37 heavy (non-hydrogen) atoms. The second-order valence-corrected chi connectivity index (χ2v) is 11.2. The van der Waals surface area contributed by atoms with Crippen molar-refractivity contribution in [1.29, 1.82) is 0 Å². The summed E-state index contributed by atoms with van der Waals surface area (Å²) in [5.74, 6) is -0.860. The second kappa shape index (κ2) is 9.42. The molecule has 9 nitrogen and oxygen atoms in total. The van der Waals surface area contributed by atoms with E-state index in [0.717, 1.165) is 11.1 Å². The number of thiophene rings is 1. The number of carbonyl (C=O) groups is 2. The van der Waals surface area contributed by atoms with Crippen LogP contribution in [-0.2, 0) is 15.1 Å². The van der Waals surface area contributed by atoms with Crippen LogP contribution in [0.1, 0.15) is 50.0 Å². The number of aromatic amines is 1. The van der Waals surface area contributed by atoms with Gasteiger partial charge < -0.3 is 19.8 Å². The highest BCUT2D eigenvalue weighted by Gasteiger charge is 2.48. The predicted molar refractivity (Wildman–Crippen MR) is 140 cm³/mol. The van der Waals surface area contributed by atoms with Crippen LogP contribution < -0.4 is 10.9 Å². The van der Waals surface area contributed by atoms with E-state index >= 15 is 0 Å². The molecule has 3 N–H and O–H groups in total. The molecule has 2 aliphatic rings. The van der Waals surface area contributed by atoms with Crippen molar-refractivity contribution in [2.45, 2.75) is 57.7 Å². The van der Waals surface area contributed by atoms with E-state index in [-0.39, 0.29) is 36.5 Å². The summed E-state index contributed by atoms with van der Waals surface area (Å²) in [6.45, 7) is 7.65. The highest BCUT2D eigenvalue weighted by molar-refractivity contribution is 7.13. The smallest absolute Gasteiger partial charge is 0.280 e. The van der Waals surface area contributed by atoms with Crippen LogP contribution in [0.15, 0.2) is 56.1 Å². The zero-order chi connectivity index (χ0) is 26.5. The van der Waals surface area contributed by atoms with Crippen molar-refractivity contribution in [1.82, 2.24) is 15.4 Å². The van der Waals surface area contributed by atoms with Crippen LogP contribution in [0.4, 0.5) is 0 Å². The molecular weight excluding hydrogens is 492 g/mol. The summed E-state index contributed by atoms with van der Waals surface area (Å²) in [7, 11) is 0. The molecule has 0 radical (unpaired) electrons. The second-order valence-electron chi connectivity index (χ2n) is 10.3. The summed E-state index contributed by atoms with van der Waals surface area (Å²) in [4.78, 5) is 46.0. The number of β-amino-alcohol motifs (C(OH)–C–C–N with tert-alkyl or cyclic N) is 1. The first-order valence-corrected chi connectivity index (χ1v) is 13.2. The molecular formula is C27H30N4O5S. The van der Waals surface area contributed by atoms with Crippen molar-refractivity contribution in [2.24, 2.45) is 10.9 Å². The van der Waals surface area contributed by atoms with Crippen molar-refractivity contribution >= 4 is 29.0 Å². The fraction of sp³-hybridized carbons (Fsp3) is 0.407. The molecule has 0 saturated carbocycles. The van der Waals surface area contributed by atoms with E-state index in [9.17, 15) is 19.5 Å². The van der Waals surface area contributed by atoms with Gasteiger partial charge in [0.05, 0.1) is 12.1 Å². The third kappa shape index (κ3) is 4.44. The number of nitrogens with zero attached hydrogens (tertiary/aromatic N) is 2. The minimum absolute atomic E-state index is 0.0990. The quantitative estimate of drug-likeness (QED) is 0.458. The third-order valence-corrected chi connectivity index (χ3v) is 8.32. The molecule has 2 aromatic heterocycles. The van der Waals surface area contributed by atoms with Crippen LogP contribution in [-0.4, -0.2) is 51.5 Å². The number of amidine groups is 1. The van der Waals surface area contributed by atoms with Gasteiger partial charge in [-0.05, 0) is 47.9 Å². The molecule has 0 bridgehead atoms. The number of H-pyrrole nitrogens is 1. The van der Waals surface area contributed by atoms with Crippen molar-refractivity contribution in [3.8, 4) is 10.4 Å². The van der Waals surface area contributed by atoms with E-state index in [1.807, 2.05) is 38.1 Å². The fourth-order valence-corrected chi connectivity index (χ4v) is 6.14. The van der Waals surface area contributed by atoms with Gasteiger partial charge in [-0.1, -0.05) is 38.1 Å². The van der Waals surface area contributed by atoms with Crippen LogP contribution in [0, 0.1) is 12.8 Å². The standard InChI is InChI=1S/C27H30N4O5S/c1-14(2)22(20-12-21(33)30-36-20)25(34)31-13-18(32)11-19(31)24-28-26(35)27(4,29-24)17-7-5-16(6-8-17)23-15(3)9-10-37-23/h5-10,12,14,18-19,22,32H,11,13H2,1-4H3,(H,30,33)(H,28,29,35)/t18-,19?,22+,27+/m1/s1. The van der Waals surface area contributed by atoms with Crippen molar-refractivity contribution in [3.05, 3.63) is 69.0 Å². The first-order chi connectivity index (χ1) is 17.6.